The van der Waals surface area contributed by atoms with E-state index in [0.29, 0.717) is 37.8 Å². The molecule has 0 aromatic carbocycles. The number of nitrogens with zero attached hydrogens (tertiary/aromatic N) is 3. The van der Waals surface area contributed by atoms with Gasteiger partial charge in [0.05, 0.1) is 0 Å². The van der Waals surface area contributed by atoms with Crippen molar-refractivity contribution in [2.24, 2.45) is 13.0 Å². The summed E-state index contributed by atoms with van der Waals surface area (Å²) in [4.78, 5) is 14.8. The summed E-state index contributed by atoms with van der Waals surface area (Å²) in [5.74, 6) is 0.264. The van der Waals surface area contributed by atoms with E-state index in [0.717, 1.165) is 19.4 Å². The molecule has 2 unspecified atom stereocenters. The van der Waals surface area contributed by atoms with Crippen LogP contribution >= 0.6 is 0 Å². The summed E-state index contributed by atoms with van der Waals surface area (Å²) in [5.41, 5.74) is 0.428. The van der Waals surface area contributed by atoms with E-state index >= 15 is 0 Å². The Kier molecular flexibility index (Phi) is 5.22. The Morgan fingerprint density at radius 3 is 2.68 bits per heavy atom. The smallest absolute Gasteiger partial charge is 0.270 e. The van der Waals surface area contributed by atoms with Crippen LogP contribution in [-0.2, 0) is 17.1 Å². The number of carbonyl (C=O) groups is 1. The molecule has 3 heterocycles. The van der Waals surface area contributed by atoms with E-state index in [1.165, 1.54) is 6.07 Å². The zero-order valence-corrected chi connectivity index (χ0v) is 16.1. The summed E-state index contributed by atoms with van der Waals surface area (Å²) in [6, 6.07) is 1.78. The van der Waals surface area contributed by atoms with Gasteiger partial charge in [0.15, 0.2) is 0 Å². The first kappa shape index (κ1) is 18.4. The average Bonchev–Trinajstić information content (AvgIpc) is 2.97. The highest BCUT2D eigenvalue weighted by Gasteiger charge is 2.31. The number of aromatic nitrogens is 1. The average molecular weight is 369 g/mol. The third-order valence-electron chi connectivity index (χ3n) is 5.11. The summed E-state index contributed by atoms with van der Waals surface area (Å²) in [6.07, 6.45) is 3.51. The molecule has 2 aliphatic heterocycles. The third-order valence-corrected chi connectivity index (χ3v) is 6.94. The lowest BCUT2D eigenvalue weighted by Crippen LogP contribution is -2.51. The zero-order valence-electron chi connectivity index (χ0n) is 15.2. The predicted octanol–water partition coefficient (Wildman–Crippen LogP) is 0.880. The van der Waals surface area contributed by atoms with Crippen LogP contribution in [-0.4, -0.2) is 66.9 Å². The zero-order chi connectivity index (χ0) is 18.2. The molecule has 1 aromatic heterocycles. The number of carbonyl (C=O) groups excluding carboxylic acids is 1. The fourth-order valence-electron chi connectivity index (χ4n) is 3.68. The van der Waals surface area contributed by atoms with Gasteiger partial charge >= 0.3 is 0 Å². The van der Waals surface area contributed by atoms with Gasteiger partial charge in [-0.15, -0.1) is 0 Å². The molecule has 8 heteroatoms. The van der Waals surface area contributed by atoms with Crippen LogP contribution in [0.15, 0.2) is 17.2 Å². The first-order valence-corrected chi connectivity index (χ1v) is 10.4. The number of amides is 1. The minimum atomic E-state index is -3.54. The maximum absolute atomic E-state index is 12.9. The molecule has 3 rings (SSSR count). The SMILES string of the molecule is CC1CCCN(S(=O)(=O)c2cc(C(=O)N3CCNC(C)C3)n(C)c2)C1. The molecule has 7 nitrogen and oxygen atoms in total. The van der Waals surface area contributed by atoms with Gasteiger partial charge in [-0.3, -0.25) is 4.79 Å². The van der Waals surface area contributed by atoms with Crippen molar-refractivity contribution in [1.29, 1.82) is 0 Å². The fraction of sp³-hybridized carbons (Fsp3) is 0.706. The van der Waals surface area contributed by atoms with Crippen molar-refractivity contribution in [1.82, 2.24) is 19.1 Å². The molecule has 0 bridgehead atoms. The number of piperazine rings is 1. The molecule has 2 aliphatic rings. The first-order chi connectivity index (χ1) is 11.8. The van der Waals surface area contributed by atoms with Gasteiger partial charge < -0.3 is 14.8 Å². The molecule has 140 valence electrons. The standard InChI is InChI=1S/C17H28N4O3S/c1-13-5-4-7-21(10-13)25(23,24)15-9-16(19(3)12-15)17(22)20-8-6-18-14(2)11-20/h9,12-14,18H,4-8,10-11H2,1-3H3. The lowest BCUT2D eigenvalue weighted by atomic mass is 10.0. The van der Waals surface area contributed by atoms with Gasteiger partial charge in [-0.1, -0.05) is 6.92 Å². The van der Waals surface area contributed by atoms with E-state index in [1.807, 2.05) is 6.92 Å². The molecule has 1 amide bonds. The lowest BCUT2D eigenvalue weighted by Gasteiger charge is -2.31. The Bertz CT molecular complexity index is 743. The van der Waals surface area contributed by atoms with Crippen molar-refractivity contribution in [3.8, 4) is 0 Å². The Morgan fingerprint density at radius 1 is 1.24 bits per heavy atom. The third kappa shape index (κ3) is 3.75. The van der Waals surface area contributed by atoms with Gasteiger partial charge in [-0.05, 0) is 31.7 Å². The van der Waals surface area contributed by atoms with Gasteiger partial charge in [0.1, 0.15) is 10.6 Å². The summed E-state index contributed by atoms with van der Waals surface area (Å²) in [5, 5.41) is 3.31. The number of nitrogens with one attached hydrogen (secondary N) is 1. The summed E-state index contributed by atoms with van der Waals surface area (Å²) >= 11 is 0. The van der Waals surface area contributed by atoms with E-state index in [4.69, 9.17) is 0 Å². The van der Waals surface area contributed by atoms with Crippen molar-refractivity contribution in [3.05, 3.63) is 18.0 Å². The monoisotopic (exact) mass is 368 g/mol. The summed E-state index contributed by atoms with van der Waals surface area (Å²) in [7, 11) is -1.81. The topological polar surface area (TPSA) is 74.7 Å². The number of hydrogen-bond acceptors (Lipinski definition) is 4. The molecule has 1 aromatic rings. The Balaban J connectivity index is 1.83. The molecule has 2 fully saturated rings. The minimum absolute atomic E-state index is 0.107. The maximum atomic E-state index is 12.9. The van der Waals surface area contributed by atoms with Crippen LogP contribution in [0.5, 0.6) is 0 Å². The van der Waals surface area contributed by atoms with Crippen molar-refractivity contribution in [2.45, 2.75) is 37.6 Å². The van der Waals surface area contributed by atoms with Crippen LogP contribution in [0.25, 0.3) is 0 Å². The number of piperidine rings is 1. The van der Waals surface area contributed by atoms with Crippen LogP contribution < -0.4 is 5.32 Å². The van der Waals surface area contributed by atoms with Gasteiger partial charge in [-0.25, -0.2) is 8.42 Å². The van der Waals surface area contributed by atoms with E-state index in [2.05, 4.69) is 12.2 Å². The number of aryl methyl sites for hydroxylation is 1. The Hall–Kier alpha value is -1.38. The second-order valence-electron chi connectivity index (χ2n) is 7.39. The van der Waals surface area contributed by atoms with E-state index in [9.17, 15) is 13.2 Å². The van der Waals surface area contributed by atoms with Crippen molar-refractivity contribution >= 4 is 15.9 Å². The number of rotatable bonds is 3. The highest BCUT2D eigenvalue weighted by atomic mass is 32.2. The maximum Gasteiger partial charge on any atom is 0.270 e. The highest BCUT2D eigenvalue weighted by Crippen LogP contribution is 2.25. The summed E-state index contributed by atoms with van der Waals surface area (Å²) in [6.45, 7) is 7.25. The predicted molar refractivity (Wildman–Crippen MR) is 95.9 cm³/mol. The quantitative estimate of drug-likeness (QED) is 0.859. The molecular formula is C17H28N4O3S. The highest BCUT2D eigenvalue weighted by molar-refractivity contribution is 7.89. The molecule has 0 saturated carbocycles. The van der Waals surface area contributed by atoms with E-state index < -0.39 is 10.0 Å². The van der Waals surface area contributed by atoms with E-state index in [1.54, 1.807) is 27.0 Å². The molecule has 0 radical (unpaired) electrons. The normalized spacial score (nSPS) is 26.0. The van der Waals surface area contributed by atoms with E-state index in [-0.39, 0.29) is 16.8 Å². The van der Waals surface area contributed by atoms with Crippen LogP contribution in [0.3, 0.4) is 0 Å². The molecular weight excluding hydrogens is 340 g/mol. The van der Waals surface area contributed by atoms with Crippen molar-refractivity contribution in [3.63, 3.8) is 0 Å². The second-order valence-corrected chi connectivity index (χ2v) is 9.33. The van der Waals surface area contributed by atoms with Crippen molar-refractivity contribution < 1.29 is 13.2 Å². The number of hydrogen-bond donors (Lipinski definition) is 1. The molecule has 2 saturated heterocycles. The number of sulfonamides is 1. The fourth-order valence-corrected chi connectivity index (χ4v) is 5.35. The molecule has 1 N–H and O–H groups in total. The minimum Gasteiger partial charge on any atom is -0.345 e. The van der Waals surface area contributed by atoms with Crippen LogP contribution in [0, 0.1) is 5.92 Å². The Morgan fingerprint density at radius 2 is 2.00 bits per heavy atom. The van der Waals surface area contributed by atoms with Crippen LogP contribution in [0.1, 0.15) is 37.2 Å². The van der Waals surface area contributed by atoms with Crippen LogP contribution in [0.4, 0.5) is 0 Å². The largest absolute Gasteiger partial charge is 0.345 e. The summed E-state index contributed by atoms with van der Waals surface area (Å²) < 4.78 is 29.0. The van der Waals surface area contributed by atoms with Gasteiger partial charge in [0.25, 0.3) is 5.91 Å². The molecule has 0 spiro atoms. The van der Waals surface area contributed by atoms with Gasteiger partial charge in [-0.2, -0.15) is 4.31 Å². The Labute approximate surface area is 150 Å². The first-order valence-electron chi connectivity index (χ1n) is 8.98. The molecule has 0 aliphatic carbocycles. The van der Waals surface area contributed by atoms with Crippen LogP contribution in [0.2, 0.25) is 0 Å². The second kappa shape index (κ2) is 7.09. The molecule has 25 heavy (non-hydrogen) atoms. The van der Waals surface area contributed by atoms with Crippen molar-refractivity contribution in [2.75, 3.05) is 32.7 Å². The lowest BCUT2D eigenvalue weighted by molar-refractivity contribution is 0.0699. The van der Waals surface area contributed by atoms with Gasteiger partial charge in [0, 0.05) is 52.0 Å². The van der Waals surface area contributed by atoms with Gasteiger partial charge in [0.2, 0.25) is 10.0 Å². The molecule has 2 atom stereocenters.